The van der Waals surface area contributed by atoms with Crippen LogP contribution < -0.4 is 5.56 Å². The minimum absolute atomic E-state index is 0.0517. The molecule has 5 rings (SSSR count). The number of aryl methyl sites for hydroxylation is 2. The lowest BCUT2D eigenvalue weighted by Gasteiger charge is -2.12. The number of hydrogen-bond acceptors (Lipinski definition) is 3. The molecule has 5 aromatic rings. The average Bonchev–Trinajstić information content (AvgIpc) is 3.13. The predicted molar refractivity (Wildman–Crippen MR) is 115 cm³/mol. The molecule has 29 heavy (non-hydrogen) atoms. The van der Waals surface area contributed by atoms with E-state index in [2.05, 4.69) is 9.97 Å². The molecule has 0 aliphatic heterocycles. The van der Waals surface area contributed by atoms with Crippen molar-refractivity contribution in [1.82, 2.24) is 18.9 Å². The van der Waals surface area contributed by atoms with Gasteiger partial charge in [-0.1, -0.05) is 36.4 Å². The molecule has 0 unspecified atom stereocenters. The number of nitrogens with zero attached hydrogens (tertiary/aromatic N) is 4. The summed E-state index contributed by atoms with van der Waals surface area (Å²) in [7, 11) is 0. The van der Waals surface area contributed by atoms with Gasteiger partial charge < -0.3 is 8.97 Å². The fourth-order valence-electron chi connectivity index (χ4n) is 3.92. The Morgan fingerprint density at radius 2 is 1.76 bits per heavy atom. The number of fused-ring (bicyclic) bond motifs is 2. The summed E-state index contributed by atoms with van der Waals surface area (Å²) >= 11 is 0. The summed E-state index contributed by atoms with van der Waals surface area (Å²) in [4.78, 5) is 22.2. The number of imidazole rings is 1. The van der Waals surface area contributed by atoms with Crippen molar-refractivity contribution >= 4 is 16.4 Å². The minimum Gasteiger partial charge on any atom is -0.309 e. The Labute approximate surface area is 167 Å². The topological polar surface area (TPSA) is 52.2 Å². The lowest BCUT2D eigenvalue weighted by atomic mass is 9.99. The second-order valence-electron chi connectivity index (χ2n) is 7.42. The number of rotatable bonds is 3. The van der Waals surface area contributed by atoms with E-state index in [0.29, 0.717) is 11.9 Å². The van der Waals surface area contributed by atoms with Gasteiger partial charge >= 0.3 is 0 Å². The first-order valence-electron chi connectivity index (χ1n) is 9.57. The van der Waals surface area contributed by atoms with Gasteiger partial charge in [0, 0.05) is 41.9 Å². The van der Waals surface area contributed by atoms with Crippen LogP contribution in [0.5, 0.6) is 0 Å². The largest absolute Gasteiger partial charge is 0.309 e. The van der Waals surface area contributed by atoms with Crippen molar-refractivity contribution in [1.29, 1.82) is 0 Å². The van der Waals surface area contributed by atoms with Crippen molar-refractivity contribution in [2.24, 2.45) is 0 Å². The molecule has 142 valence electrons. The van der Waals surface area contributed by atoms with Crippen LogP contribution in [0.15, 0.2) is 78.2 Å². The van der Waals surface area contributed by atoms with E-state index in [-0.39, 0.29) is 5.56 Å². The van der Waals surface area contributed by atoms with Gasteiger partial charge in [-0.3, -0.25) is 9.78 Å². The SMILES string of the molecule is Cc1ccc2nc(Cn3cc(C)c4c(-c5ccccc5)cncc4c3=O)cn2c1. The maximum Gasteiger partial charge on any atom is 0.260 e. The predicted octanol–water partition coefficient (Wildman–Crippen LogP) is 4.38. The minimum atomic E-state index is -0.0517. The normalized spacial score (nSPS) is 11.4. The number of pyridine rings is 3. The third-order valence-electron chi connectivity index (χ3n) is 5.25. The summed E-state index contributed by atoms with van der Waals surface area (Å²) in [6.07, 6.45) is 9.44. The van der Waals surface area contributed by atoms with E-state index in [0.717, 1.165) is 33.4 Å². The zero-order valence-electron chi connectivity index (χ0n) is 16.3. The molecule has 4 heterocycles. The molecule has 0 spiro atoms. The van der Waals surface area contributed by atoms with E-state index in [9.17, 15) is 4.79 Å². The molecule has 5 heteroatoms. The van der Waals surface area contributed by atoms with E-state index >= 15 is 0 Å². The quantitative estimate of drug-likeness (QED) is 0.467. The zero-order valence-corrected chi connectivity index (χ0v) is 16.3. The Morgan fingerprint density at radius 1 is 0.931 bits per heavy atom. The molecule has 0 aliphatic rings. The molecule has 1 aromatic carbocycles. The van der Waals surface area contributed by atoms with E-state index in [1.54, 1.807) is 10.8 Å². The van der Waals surface area contributed by atoms with Crippen molar-refractivity contribution in [3.05, 3.63) is 101 Å². The van der Waals surface area contributed by atoms with Crippen LogP contribution in [0.25, 0.3) is 27.5 Å². The highest BCUT2D eigenvalue weighted by Crippen LogP contribution is 2.28. The van der Waals surface area contributed by atoms with Gasteiger partial charge in [-0.2, -0.15) is 0 Å². The van der Waals surface area contributed by atoms with E-state index < -0.39 is 0 Å². The van der Waals surface area contributed by atoms with Gasteiger partial charge in [0.25, 0.3) is 5.56 Å². The molecule has 0 radical (unpaired) electrons. The van der Waals surface area contributed by atoms with Crippen LogP contribution in [0.3, 0.4) is 0 Å². The van der Waals surface area contributed by atoms with Crippen molar-refractivity contribution in [3.8, 4) is 11.1 Å². The molecule has 5 nitrogen and oxygen atoms in total. The van der Waals surface area contributed by atoms with Crippen molar-refractivity contribution in [3.63, 3.8) is 0 Å². The molecule has 4 aromatic heterocycles. The summed E-state index contributed by atoms with van der Waals surface area (Å²) < 4.78 is 3.72. The van der Waals surface area contributed by atoms with Crippen LogP contribution in [0.1, 0.15) is 16.8 Å². The van der Waals surface area contributed by atoms with Gasteiger partial charge in [0.05, 0.1) is 17.6 Å². The number of hydrogen-bond donors (Lipinski definition) is 0. The van der Waals surface area contributed by atoms with Crippen molar-refractivity contribution < 1.29 is 0 Å². The van der Waals surface area contributed by atoms with E-state index in [1.807, 2.05) is 85.5 Å². The van der Waals surface area contributed by atoms with Gasteiger partial charge in [-0.15, -0.1) is 0 Å². The summed E-state index contributed by atoms with van der Waals surface area (Å²) in [6, 6.07) is 14.1. The van der Waals surface area contributed by atoms with Crippen LogP contribution in [0, 0.1) is 13.8 Å². The first-order valence-corrected chi connectivity index (χ1v) is 9.57. The fourth-order valence-corrected chi connectivity index (χ4v) is 3.92. The molecular weight excluding hydrogens is 360 g/mol. The van der Waals surface area contributed by atoms with Crippen molar-refractivity contribution in [2.75, 3.05) is 0 Å². The Hall–Kier alpha value is -3.73. The van der Waals surface area contributed by atoms with Crippen LogP contribution in [0.4, 0.5) is 0 Å². The zero-order chi connectivity index (χ0) is 20.0. The summed E-state index contributed by atoms with van der Waals surface area (Å²) in [5.41, 5.74) is 5.92. The molecule has 0 bridgehead atoms. The Bertz CT molecular complexity index is 1410. The molecule has 0 atom stereocenters. The van der Waals surface area contributed by atoms with Gasteiger partial charge in [-0.05, 0) is 36.6 Å². The van der Waals surface area contributed by atoms with Crippen LogP contribution >= 0.6 is 0 Å². The molecule has 0 aliphatic carbocycles. The number of benzene rings is 1. The average molecular weight is 380 g/mol. The Kier molecular flexibility index (Phi) is 4.02. The summed E-state index contributed by atoms with van der Waals surface area (Å²) in [6.45, 7) is 4.51. The van der Waals surface area contributed by atoms with E-state index in [1.165, 1.54) is 5.56 Å². The van der Waals surface area contributed by atoms with Gasteiger partial charge in [-0.25, -0.2) is 4.98 Å². The highest BCUT2D eigenvalue weighted by Gasteiger charge is 2.13. The highest BCUT2D eigenvalue weighted by atomic mass is 16.1. The first kappa shape index (κ1) is 17.4. The van der Waals surface area contributed by atoms with Crippen LogP contribution in [0.2, 0.25) is 0 Å². The molecule has 0 saturated carbocycles. The third kappa shape index (κ3) is 3.01. The van der Waals surface area contributed by atoms with Gasteiger partial charge in [0.15, 0.2) is 0 Å². The summed E-state index contributed by atoms with van der Waals surface area (Å²) in [5, 5.41) is 1.59. The van der Waals surface area contributed by atoms with Gasteiger partial charge in [0.1, 0.15) is 5.65 Å². The third-order valence-corrected chi connectivity index (χ3v) is 5.25. The maximum absolute atomic E-state index is 13.2. The highest BCUT2D eigenvalue weighted by molar-refractivity contribution is 5.97. The van der Waals surface area contributed by atoms with Gasteiger partial charge in [0.2, 0.25) is 0 Å². The molecular formula is C24H20N4O. The molecule has 0 N–H and O–H groups in total. The van der Waals surface area contributed by atoms with E-state index in [4.69, 9.17) is 0 Å². The number of aromatic nitrogens is 4. The molecule has 0 fully saturated rings. The standard InChI is InChI=1S/C24H20N4O/c1-16-8-9-22-26-19(14-27(22)12-16)15-28-13-17(2)23-20(18-6-4-3-5-7-18)10-25-11-21(23)24(28)29/h3-14H,15H2,1-2H3. The maximum atomic E-state index is 13.2. The first-order chi connectivity index (χ1) is 14.1. The lowest BCUT2D eigenvalue weighted by Crippen LogP contribution is -2.21. The van der Waals surface area contributed by atoms with Crippen molar-refractivity contribution in [2.45, 2.75) is 20.4 Å². The monoisotopic (exact) mass is 380 g/mol. The second-order valence-corrected chi connectivity index (χ2v) is 7.42. The Morgan fingerprint density at radius 3 is 2.59 bits per heavy atom. The van der Waals surface area contributed by atoms with Crippen LogP contribution in [-0.2, 0) is 6.54 Å². The molecule has 0 amide bonds. The van der Waals surface area contributed by atoms with Crippen LogP contribution in [-0.4, -0.2) is 18.9 Å². The smallest absolute Gasteiger partial charge is 0.260 e. The summed E-state index contributed by atoms with van der Waals surface area (Å²) in [5.74, 6) is 0. The Balaban J connectivity index is 1.64. The second kappa shape index (κ2) is 6.71. The molecule has 0 saturated heterocycles. The fraction of sp³-hybridized carbons (Fsp3) is 0.125. The lowest BCUT2D eigenvalue weighted by molar-refractivity contribution is 0.748.